The minimum absolute atomic E-state index is 0.363. The van der Waals surface area contributed by atoms with Crippen molar-refractivity contribution >= 4 is 17.4 Å². The quantitative estimate of drug-likeness (QED) is 0.335. The summed E-state index contributed by atoms with van der Waals surface area (Å²) >= 11 is 0. The second-order valence-electron chi connectivity index (χ2n) is 10.4. The molecule has 6 heteroatoms. The van der Waals surface area contributed by atoms with Gasteiger partial charge in [-0.05, 0) is 66.7 Å². The van der Waals surface area contributed by atoms with Gasteiger partial charge in [-0.25, -0.2) is 9.97 Å². The average Bonchev–Trinajstić information content (AvgIpc) is 3.79. The van der Waals surface area contributed by atoms with Gasteiger partial charge >= 0.3 is 0 Å². The number of fused-ring (bicyclic) bond motifs is 1. The molecular formula is C29H31N5O. The average molecular weight is 466 g/mol. The summed E-state index contributed by atoms with van der Waals surface area (Å²) in [5.41, 5.74) is 13.5. The van der Waals surface area contributed by atoms with Crippen LogP contribution in [0.15, 0.2) is 54.9 Å². The Morgan fingerprint density at radius 1 is 1.06 bits per heavy atom. The fraction of sp³-hybridized carbons (Fsp3) is 0.345. The van der Waals surface area contributed by atoms with Gasteiger partial charge in [-0.3, -0.25) is 9.20 Å². The van der Waals surface area contributed by atoms with Crippen molar-refractivity contribution in [2.75, 3.05) is 11.9 Å². The summed E-state index contributed by atoms with van der Waals surface area (Å²) in [4.78, 5) is 21.7. The summed E-state index contributed by atoms with van der Waals surface area (Å²) in [7, 11) is 0. The number of benzene rings is 2. The van der Waals surface area contributed by atoms with Crippen molar-refractivity contribution in [1.82, 2.24) is 14.4 Å². The van der Waals surface area contributed by atoms with Gasteiger partial charge < -0.3 is 11.1 Å². The van der Waals surface area contributed by atoms with Crippen LogP contribution in [0.1, 0.15) is 72.9 Å². The van der Waals surface area contributed by atoms with Crippen molar-refractivity contribution < 1.29 is 4.79 Å². The van der Waals surface area contributed by atoms with E-state index in [1.54, 1.807) is 0 Å². The van der Waals surface area contributed by atoms with Gasteiger partial charge in [0.25, 0.3) is 0 Å². The van der Waals surface area contributed by atoms with E-state index in [4.69, 9.17) is 15.7 Å². The number of imidazole rings is 1. The van der Waals surface area contributed by atoms with Gasteiger partial charge in [0.2, 0.25) is 5.91 Å². The molecule has 35 heavy (non-hydrogen) atoms. The van der Waals surface area contributed by atoms with Gasteiger partial charge in [-0.2, -0.15) is 0 Å². The van der Waals surface area contributed by atoms with Gasteiger partial charge in [0, 0.05) is 29.4 Å². The molecule has 1 amide bonds. The van der Waals surface area contributed by atoms with Crippen LogP contribution in [0.3, 0.4) is 0 Å². The van der Waals surface area contributed by atoms with Crippen molar-refractivity contribution in [3.05, 3.63) is 71.5 Å². The smallest absolute Gasteiger partial charge is 0.248 e. The number of nitrogens with two attached hydrogens (primary N) is 1. The molecule has 6 nitrogen and oxygen atoms in total. The van der Waals surface area contributed by atoms with E-state index in [0.717, 1.165) is 64.8 Å². The summed E-state index contributed by atoms with van der Waals surface area (Å²) in [5, 5.41) is 3.51. The summed E-state index contributed by atoms with van der Waals surface area (Å²) in [6.07, 6.45) is 8.76. The lowest BCUT2D eigenvalue weighted by Crippen LogP contribution is -2.13. The summed E-state index contributed by atoms with van der Waals surface area (Å²) < 4.78 is 2.12. The molecule has 0 saturated heterocycles. The molecule has 3 N–H and O–H groups in total. The Hall–Kier alpha value is -3.67. The normalized spacial score (nSPS) is 15.6. The highest BCUT2D eigenvalue weighted by Crippen LogP contribution is 2.43. The third kappa shape index (κ3) is 4.29. The van der Waals surface area contributed by atoms with Crippen LogP contribution in [0.4, 0.5) is 5.82 Å². The molecule has 2 aromatic carbocycles. The molecule has 0 spiro atoms. The Labute approximate surface area is 205 Å². The molecule has 0 bridgehead atoms. The molecule has 178 valence electrons. The number of carbonyl (C=O) groups excluding carboxylic acids is 1. The minimum atomic E-state index is -0.363. The number of hydrogen-bond donors (Lipinski definition) is 2. The maximum absolute atomic E-state index is 12.0. The number of anilines is 1. The molecular weight excluding hydrogens is 434 g/mol. The van der Waals surface area contributed by atoms with Gasteiger partial charge in [-0.15, -0.1) is 0 Å². The molecule has 2 heterocycles. The Kier molecular flexibility index (Phi) is 5.32. The Morgan fingerprint density at radius 2 is 1.77 bits per heavy atom. The highest BCUT2D eigenvalue weighted by atomic mass is 16.1. The predicted molar refractivity (Wildman–Crippen MR) is 140 cm³/mol. The molecule has 0 radical (unpaired) electrons. The summed E-state index contributed by atoms with van der Waals surface area (Å²) in [5.74, 6) is 2.05. The van der Waals surface area contributed by atoms with Crippen molar-refractivity contribution in [2.45, 2.75) is 51.4 Å². The molecule has 2 fully saturated rings. The van der Waals surface area contributed by atoms with E-state index in [9.17, 15) is 4.79 Å². The van der Waals surface area contributed by atoms with E-state index in [-0.39, 0.29) is 5.91 Å². The van der Waals surface area contributed by atoms with Crippen molar-refractivity contribution in [2.24, 2.45) is 11.7 Å². The SMILES string of the molecule is CC(C)CNc1nc(-c2ccc(C3CC3)cc2)cn2c(-c3ccc(C(N)=O)c(C4CC4)c3)cnc12. The van der Waals surface area contributed by atoms with E-state index in [1.807, 2.05) is 18.3 Å². The van der Waals surface area contributed by atoms with Crippen LogP contribution in [0.5, 0.6) is 0 Å². The number of rotatable bonds is 8. The minimum Gasteiger partial charge on any atom is -0.367 e. The zero-order valence-corrected chi connectivity index (χ0v) is 20.3. The number of primary amides is 1. The van der Waals surface area contributed by atoms with Gasteiger partial charge in [0.1, 0.15) is 0 Å². The van der Waals surface area contributed by atoms with E-state index in [1.165, 1.54) is 18.4 Å². The molecule has 2 saturated carbocycles. The third-order valence-electron chi connectivity index (χ3n) is 7.06. The van der Waals surface area contributed by atoms with Crippen LogP contribution in [-0.2, 0) is 0 Å². The summed E-state index contributed by atoms with van der Waals surface area (Å²) in [6.45, 7) is 5.18. The zero-order chi connectivity index (χ0) is 24.1. The number of amides is 1. The number of hydrogen-bond acceptors (Lipinski definition) is 4. The highest BCUT2D eigenvalue weighted by molar-refractivity contribution is 5.95. The second-order valence-corrected chi connectivity index (χ2v) is 10.4. The first-order valence-electron chi connectivity index (χ1n) is 12.6. The molecule has 2 aliphatic rings. The molecule has 2 aliphatic carbocycles. The Balaban J connectivity index is 1.47. The van der Waals surface area contributed by atoms with Gasteiger partial charge in [0.15, 0.2) is 11.5 Å². The molecule has 0 atom stereocenters. The van der Waals surface area contributed by atoms with Crippen LogP contribution in [0.2, 0.25) is 0 Å². The third-order valence-corrected chi connectivity index (χ3v) is 7.06. The monoisotopic (exact) mass is 465 g/mol. The maximum Gasteiger partial charge on any atom is 0.248 e. The molecule has 4 aromatic rings. The number of carbonyl (C=O) groups is 1. The van der Waals surface area contributed by atoms with E-state index in [0.29, 0.717) is 17.4 Å². The topological polar surface area (TPSA) is 85.3 Å². The highest BCUT2D eigenvalue weighted by Gasteiger charge is 2.28. The molecule has 2 aromatic heterocycles. The predicted octanol–water partition coefficient (Wildman–Crippen LogP) is 5.98. The van der Waals surface area contributed by atoms with Gasteiger partial charge in [0.05, 0.1) is 17.6 Å². The largest absolute Gasteiger partial charge is 0.367 e. The van der Waals surface area contributed by atoms with E-state index >= 15 is 0 Å². The Morgan fingerprint density at radius 3 is 2.43 bits per heavy atom. The van der Waals surface area contributed by atoms with E-state index in [2.05, 4.69) is 60.1 Å². The van der Waals surface area contributed by atoms with Crippen LogP contribution in [0.25, 0.3) is 28.2 Å². The van der Waals surface area contributed by atoms with Crippen LogP contribution >= 0.6 is 0 Å². The Bertz CT molecular complexity index is 1410. The first-order chi connectivity index (χ1) is 17.0. The number of nitrogens with zero attached hydrogens (tertiary/aromatic N) is 3. The van der Waals surface area contributed by atoms with Crippen LogP contribution in [-0.4, -0.2) is 26.8 Å². The van der Waals surface area contributed by atoms with Crippen molar-refractivity contribution in [3.63, 3.8) is 0 Å². The lowest BCUT2D eigenvalue weighted by Gasteiger charge is -2.13. The number of nitrogens with one attached hydrogen (secondary N) is 1. The first-order valence-corrected chi connectivity index (χ1v) is 12.6. The molecule has 0 aliphatic heterocycles. The van der Waals surface area contributed by atoms with Crippen molar-refractivity contribution in [3.8, 4) is 22.5 Å². The van der Waals surface area contributed by atoms with Gasteiger partial charge in [-0.1, -0.05) is 44.2 Å². The lowest BCUT2D eigenvalue weighted by molar-refractivity contribution is 0.0999. The molecule has 0 unspecified atom stereocenters. The van der Waals surface area contributed by atoms with Crippen molar-refractivity contribution in [1.29, 1.82) is 0 Å². The maximum atomic E-state index is 12.0. The lowest BCUT2D eigenvalue weighted by atomic mass is 9.98. The number of aromatic nitrogens is 3. The van der Waals surface area contributed by atoms with Crippen LogP contribution in [0, 0.1) is 5.92 Å². The fourth-order valence-corrected chi connectivity index (χ4v) is 4.78. The summed E-state index contributed by atoms with van der Waals surface area (Å²) in [6, 6.07) is 14.8. The van der Waals surface area contributed by atoms with E-state index < -0.39 is 0 Å². The second kappa shape index (κ2) is 8.52. The first kappa shape index (κ1) is 21.8. The standard InChI is InChI=1S/C29H31N5O/c1-17(2)14-31-28-29-32-15-26(22-11-12-23(27(30)35)24(13-22)20-7-8-20)34(29)16-25(33-28)21-9-5-19(6-10-21)18-3-4-18/h5-6,9-13,15-18,20H,3-4,7-8,14H2,1-2H3,(H2,30,35)(H,31,33). The zero-order valence-electron chi connectivity index (χ0n) is 20.3. The molecule has 6 rings (SSSR count). The fourth-order valence-electron chi connectivity index (χ4n) is 4.78. The van der Waals surface area contributed by atoms with Crippen LogP contribution < -0.4 is 11.1 Å².